The van der Waals surface area contributed by atoms with Crippen LogP contribution in [0.4, 0.5) is 0 Å². The van der Waals surface area contributed by atoms with Gasteiger partial charge < -0.3 is 10.1 Å². The summed E-state index contributed by atoms with van der Waals surface area (Å²) >= 11 is 0. The van der Waals surface area contributed by atoms with E-state index in [2.05, 4.69) is 17.2 Å². The lowest BCUT2D eigenvalue weighted by atomic mass is 9.67. The molecule has 3 heteroatoms. The maximum Gasteiger partial charge on any atom is 0.310 e. The number of methoxy groups -OCH3 is 1. The SMILES string of the molecule is CC#CC1CCC([C@H]2C[C@H]3CCC(N3)C2C(=O)OC)CC1. The minimum Gasteiger partial charge on any atom is -0.469 e. The van der Waals surface area contributed by atoms with E-state index in [0.717, 1.165) is 12.8 Å². The molecule has 0 spiro atoms. The van der Waals surface area contributed by atoms with Crippen LogP contribution in [0.5, 0.6) is 0 Å². The zero-order valence-electron chi connectivity index (χ0n) is 13.2. The molecule has 3 nitrogen and oxygen atoms in total. The molecule has 0 radical (unpaired) electrons. The fourth-order valence-corrected chi connectivity index (χ4v) is 4.95. The summed E-state index contributed by atoms with van der Waals surface area (Å²) in [5.41, 5.74) is 0. The van der Waals surface area contributed by atoms with Crippen LogP contribution >= 0.6 is 0 Å². The molecule has 2 saturated heterocycles. The topological polar surface area (TPSA) is 38.3 Å². The number of carbonyl (C=O) groups is 1. The van der Waals surface area contributed by atoms with Gasteiger partial charge in [-0.2, -0.15) is 0 Å². The van der Waals surface area contributed by atoms with Crippen molar-refractivity contribution in [2.45, 2.75) is 64.0 Å². The molecule has 0 aromatic rings. The lowest BCUT2D eigenvalue weighted by Gasteiger charge is -2.42. The maximum absolute atomic E-state index is 12.3. The number of hydrogen-bond acceptors (Lipinski definition) is 3. The lowest BCUT2D eigenvalue weighted by Crippen LogP contribution is -2.51. The number of ether oxygens (including phenoxy) is 1. The monoisotopic (exact) mass is 289 g/mol. The van der Waals surface area contributed by atoms with Gasteiger partial charge in [-0.15, -0.1) is 11.8 Å². The largest absolute Gasteiger partial charge is 0.469 e. The summed E-state index contributed by atoms with van der Waals surface area (Å²) < 4.78 is 5.12. The molecule has 3 rings (SSSR count). The number of piperidine rings is 1. The Bertz CT molecular complexity index is 442. The second-order valence-electron chi connectivity index (χ2n) is 7.00. The third kappa shape index (κ3) is 2.97. The lowest BCUT2D eigenvalue weighted by molar-refractivity contribution is -0.151. The van der Waals surface area contributed by atoms with Crippen molar-refractivity contribution in [3.8, 4) is 11.8 Å². The van der Waals surface area contributed by atoms with Crippen LogP contribution in [0.1, 0.15) is 51.9 Å². The molecule has 21 heavy (non-hydrogen) atoms. The third-order valence-electron chi connectivity index (χ3n) is 5.93. The first-order valence-electron chi connectivity index (χ1n) is 8.49. The fourth-order valence-electron chi connectivity index (χ4n) is 4.95. The molecular formula is C18H27NO2. The van der Waals surface area contributed by atoms with E-state index >= 15 is 0 Å². The zero-order valence-corrected chi connectivity index (χ0v) is 13.2. The van der Waals surface area contributed by atoms with Crippen molar-refractivity contribution in [1.29, 1.82) is 0 Å². The minimum absolute atomic E-state index is 0.00771. The van der Waals surface area contributed by atoms with Gasteiger partial charge in [-0.25, -0.2) is 0 Å². The van der Waals surface area contributed by atoms with E-state index in [1.54, 1.807) is 0 Å². The summed E-state index contributed by atoms with van der Waals surface area (Å²) in [4.78, 5) is 12.3. The molecule has 0 amide bonds. The van der Waals surface area contributed by atoms with Crippen molar-refractivity contribution < 1.29 is 9.53 Å². The molecule has 3 aliphatic rings. The molecule has 1 aliphatic carbocycles. The summed E-state index contributed by atoms with van der Waals surface area (Å²) in [6.07, 6.45) is 8.40. The molecule has 2 unspecified atom stereocenters. The first kappa shape index (κ1) is 14.9. The zero-order chi connectivity index (χ0) is 14.8. The van der Waals surface area contributed by atoms with Crippen LogP contribution in [0.15, 0.2) is 0 Å². The number of fused-ring (bicyclic) bond motifs is 2. The minimum atomic E-state index is 0.00771. The van der Waals surface area contributed by atoms with Gasteiger partial charge in [-0.05, 0) is 63.7 Å². The molecule has 2 heterocycles. The maximum atomic E-state index is 12.3. The van der Waals surface area contributed by atoms with Crippen LogP contribution in [-0.2, 0) is 9.53 Å². The first-order chi connectivity index (χ1) is 10.2. The van der Waals surface area contributed by atoms with Crippen molar-refractivity contribution >= 4 is 5.97 Å². The number of rotatable bonds is 2. The van der Waals surface area contributed by atoms with Gasteiger partial charge in [0.15, 0.2) is 0 Å². The Morgan fingerprint density at radius 1 is 1.14 bits per heavy atom. The van der Waals surface area contributed by atoms with Crippen molar-refractivity contribution in [1.82, 2.24) is 5.32 Å². The highest BCUT2D eigenvalue weighted by Crippen LogP contribution is 2.45. The summed E-state index contributed by atoms with van der Waals surface area (Å²) in [7, 11) is 1.54. The van der Waals surface area contributed by atoms with Crippen LogP contribution in [-0.4, -0.2) is 25.2 Å². The standard InChI is InChI=1S/C18H27NO2/c1-3-4-12-5-7-13(8-6-12)15-11-14-9-10-16(19-14)17(15)18(20)21-2/h12-17,19H,5-11H2,1-2H3/t12?,13?,14-,15-,16?,17?/m1/s1. The van der Waals surface area contributed by atoms with E-state index in [0.29, 0.717) is 29.8 Å². The first-order valence-corrected chi connectivity index (χ1v) is 8.49. The Hall–Kier alpha value is -1.01. The molecule has 1 N–H and O–H groups in total. The van der Waals surface area contributed by atoms with Crippen molar-refractivity contribution in [2.75, 3.05) is 7.11 Å². The molecule has 4 atom stereocenters. The second kappa shape index (κ2) is 6.40. The van der Waals surface area contributed by atoms with Crippen LogP contribution in [0.2, 0.25) is 0 Å². The smallest absolute Gasteiger partial charge is 0.310 e. The molecule has 116 valence electrons. The van der Waals surface area contributed by atoms with E-state index in [-0.39, 0.29) is 11.9 Å². The molecule has 2 bridgehead atoms. The Balaban J connectivity index is 1.70. The van der Waals surface area contributed by atoms with Gasteiger partial charge in [0.1, 0.15) is 0 Å². The van der Waals surface area contributed by atoms with Gasteiger partial charge in [0.05, 0.1) is 13.0 Å². The molecular weight excluding hydrogens is 262 g/mol. The highest BCUT2D eigenvalue weighted by Gasteiger charge is 2.48. The molecule has 0 aromatic heterocycles. The van der Waals surface area contributed by atoms with E-state index in [4.69, 9.17) is 4.74 Å². The number of esters is 1. The van der Waals surface area contributed by atoms with Crippen molar-refractivity contribution in [2.24, 2.45) is 23.7 Å². The average Bonchev–Trinajstić information content (AvgIpc) is 2.89. The number of hydrogen-bond donors (Lipinski definition) is 1. The normalized spacial score (nSPS) is 42.0. The van der Waals surface area contributed by atoms with Crippen molar-refractivity contribution in [3.63, 3.8) is 0 Å². The highest BCUT2D eigenvalue weighted by atomic mass is 16.5. The summed E-state index contributed by atoms with van der Waals surface area (Å²) in [5, 5.41) is 3.63. The molecule has 0 aromatic carbocycles. The van der Waals surface area contributed by atoms with Crippen LogP contribution in [0, 0.1) is 35.5 Å². The van der Waals surface area contributed by atoms with Gasteiger partial charge in [0, 0.05) is 18.0 Å². The van der Waals surface area contributed by atoms with Gasteiger partial charge >= 0.3 is 5.97 Å². The van der Waals surface area contributed by atoms with Gasteiger partial charge in [-0.3, -0.25) is 4.79 Å². The van der Waals surface area contributed by atoms with Crippen LogP contribution < -0.4 is 5.32 Å². The molecule has 3 fully saturated rings. The van der Waals surface area contributed by atoms with E-state index in [9.17, 15) is 4.79 Å². The third-order valence-corrected chi connectivity index (χ3v) is 5.93. The van der Waals surface area contributed by atoms with Crippen molar-refractivity contribution in [3.05, 3.63) is 0 Å². The van der Waals surface area contributed by atoms with Gasteiger partial charge in [-0.1, -0.05) is 0 Å². The van der Waals surface area contributed by atoms with E-state index in [1.807, 2.05) is 6.92 Å². The van der Waals surface area contributed by atoms with Gasteiger partial charge in [0.2, 0.25) is 0 Å². The Morgan fingerprint density at radius 3 is 2.57 bits per heavy atom. The summed E-state index contributed by atoms with van der Waals surface area (Å²) in [5.74, 6) is 8.26. The van der Waals surface area contributed by atoms with E-state index < -0.39 is 0 Å². The van der Waals surface area contributed by atoms with E-state index in [1.165, 1.54) is 39.2 Å². The summed E-state index contributed by atoms with van der Waals surface area (Å²) in [6.45, 7) is 1.93. The van der Waals surface area contributed by atoms with Crippen LogP contribution in [0.25, 0.3) is 0 Å². The Morgan fingerprint density at radius 2 is 1.90 bits per heavy atom. The van der Waals surface area contributed by atoms with Gasteiger partial charge in [0.25, 0.3) is 0 Å². The van der Waals surface area contributed by atoms with Crippen LogP contribution in [0.3, 0.4) is 0 Å². The molecule has 1 saturated carbocycles. The quantitative estimate of drug-likeness (QED) is 0.627. The fraction of sp³-hybridized carbons (Fsp3) is 0.833. The summed E-state index contributed by atoms with van der Waals surface area (Å²) in [6, 6.07) is 0.989. The number of carbonyl (C=O) groups excluding carboxylic acids is 1. The highest BCUT2D eigenvalue weighted by molar-refractivity contribution is 5.74. The average molecular weight is 289 g/mol. The Labute approximate surface area is 128 Å². The predicted octanol–water partition coefficient (Wildman–Crippen LogP) is 2.75. The second-order valence-corrected chi connectivity index (χ2v) is 7.00. The Kier molecular flexibility index (Phi) is 4.54. The molecule has 2 aliphatic heterocycles. The number of nitrogens with one attached hydrogen (secondary N) is 1. The predicted molar refractivity (Wildman–Crippen MR) is 82.5 cm³/mol.